The normalized spacial score (nSPS) is 17.8. The molecule has 1 aliphatic rings. The van der Waals surface area contributed by atoms with E-state index >= 15 is 0 Å². The molecule has 6 heteroatoms. The molecule has 1 unspecified atom stereocenters. The summed E-state index contributed by atoms with van der Waals surface area (Å²) in [6, 6.07) is 5.26. The van der Waals surface area contributed by atoms with Gasteiger partial charge in [-0.15, -0.1) is 0 Å². The molecule has 0 aliphatic heterocycles. The van der Waals surface area contributed by atoms with Gasteiger partial charge in [0.2, 0.25) is 0 Å². The second-order valence-electron chi connectivity index (χ2n) is 5.31. The van der Waals surface area contributed by atoms with Gasteiger partial charge in [0, 0.05) is 18.7 Å². The molecule has 0 saturated heterocycles. The molecule has 2 aromatic rings. The molecule has 1 saturated carbocycles. The number of hydrogen-bond donors (Lipinski definition) is 2. The van der Waals surface area contributed by atoms with Crippen molar-refractivity contribution >= 4 is 20.9 Å². The highest BCUT2D eigenvalue weighted by atomic mass is 32.2. The molecule has 102 valence electrons. The van der Waals surface area contributed by atoms with E-state index in [0.29, 0.717) is 17.9 Å². The van der Waals surface area contributed by atoms with Crippen molar-refractivity contribution in [1.82, 2.24) is 9.97 Å². The molecule has 19 heavy (non-hydrogen) atoms. The molecule has 1 aromatic carbocycles. The molecule has 1 fully saturated rings. The summed E-state index contributed by atoms with van der Waals surface area (Å²) in [5.41, 5.74) is 7.35. The molecule has 5 nitrogen and oxygen atoms in total. The first-order valence-electron chi connectivity index (χ1n) is 6.38. The zero-order valence-electron chi connectivity index (χ0n) is 10.8. The fourth-order valence-corrected chi connectivity index (χ4v) is 3.20. The minimum absolute atomic E-state index is 0.113. The minimum atomic E-state index is -3.26. The lowest BCUT2D eigenvalue weighted by Crippen LogP contribution is -2.25. The van der Waals surface area contributed by atoms with Gasteiger partial charge in [-0.1, -0.05) is 6.07 Å². The first-order valence-corrected chi connectivity index (χ1v) is 8.27. The standard InChI is InChI=1S/C13H17N3O2S/c1-19(17,18)11-4-2-3-10-13(11)16-12(15-10)7-9(14)8-5-6-8/h2-4,8-9H,5-7,14H2,1H3,(H,15,16). The van der Waals surface area contributed by atoms with Crippen molar-refractivity contribution in [2.75, 3.05) is 6.26 Å². The van der Waals surface area contributed by atoms with E-state index in [9.17, 15) is 8.42 Å². The van der Waals surface area contributed by atoms with Gasteiger partial charge in [-0.3, -0.25) is 0 Å². The second-order valence-corrected chi connectivity index (χ2v) is 7.30. The van der Waals surface area contributed by atoms with Crippen LogP contribution in [0.3, 0.4) is 0 Å². The SMILES string of the molecule is CS(=O)(=O)c1cccc2[nH]c(CC(N)C3CC3)nc12. The number of fused-ring (bicyclic) bond motifs is 1. The van der Waals surface area contributed by atoms with Crippen LogP contribution in [0.15, 0.2) is 23.1 Å². The molecule has 0 amide bonds. The fourth-order valence-electron chi connectivity index (χ4n) is 2.37. The number of para-hydroxylation sites is 1. The number of sulfone groups is 1. The molecular weight excluding hydrogens is 262 g/mol. The van der Waals surface area contributed by atoms with Gasteiger partial charge in [-0.25, -0.2) is 13.4 Å². The summed E-state index contributed by atoms with van der Waals surface area (Å²) in [5, 5.41) is 0. The number of hydrogen-bond acceptors (Lipinski definition) is 4. The summed E-state index contributed by atoms with van der Waals surface area (Å²) in [5.74, 6) is 1.37. The molecule has 0 bridgehead atoms. The Morgan fingerprint density at radius 3 is 2.84 bits per heavy atom. The van der Waals surface area contributed by atoms with Crippen LogP contribution in [0, 0.1) is 5.92 Å². The summed E-state index contributed by atoms with van der Waals surface area (Å²) in [7, 11) is -3.26. The third kappa shape index (κ3) is 2.50. The van der Waals surface area contributed by atoms with Gasteiger partial charge in [0.25, 0.3) is 0 Å². The van der Waals surface area contributed by atoms with Crippen molar-refractivity contribution < 1.29 is 8.42 Å². The Morgan fingerprint density at radius 1 is 1.47 bits per heavy atom. The summed E-state index contributed by atoms with van der Waals surface area (Å²) < 4.78 is 23.4. The lowest BCUT2D eigenvalue weighted by atomic mass is 10.1. The first-order chi connectivity index (χ1) is 8.95. The van der Waals surface area contributed by atoms with E-state index in [1.807, 2.05) is 6.07 Å². The lowest BCUT2D eigenvalue weighted by Gasteiger charge is -2.06. The minimum Gasteiger partial charge on any atom is -0.342 e. The van der Waals surface area contributed by atoms with E-state index in [2.05, 4.69) is 9.97 Å². The lowest BCUT2D eigenvalue weighted by molar-refractivity contribution is 0.579. The highest BCUT2D eigenvalue weighted by Crippen LogP contribution is 2.33. The Balaban J connectivity index is 2.00. The van der Waals surface area contributed by atoms with Gasteiger partial charge in [0.1, 0.15) is 11.3 Å². The van der Waals surface area contributed by atoms with Crippen LogP contribution in [0.25, 0.3) is 11.0 Å². The molecule has 3 N–H and O–H groups in total. The Bertz CT molecular complexity index is 717. The predicted molar refractivity (Wildman–Crippen MR) is 73.6 cm³/mol. The van der Waals surface area contributed by atoms with Crippen molar-refractivity contribution in [3.05, 3.63) is 24.0 Å². The van der Waals surface area contributed by atoms with E-state index in [1.165, 1.54) is 19.1 Å². The highest BCUT2D eigenvalue weighted by molar-refractivity contribution is 7.91. The average molecular weight is 279 g/mol. The monoisotopic (exact) mass is 279 g/mol. The van der Waals surface area contributed by atoms with Gasteiger partial charge in [-0.2, -0.15) is 0 Å². The second kappa shape index (κ2) is 4.31. The number of imidazole rings is 1. The maximum Gasteiger partial charge on any atom is 0.177 e. The van der Waals surface area contributed by atoms with Gasteiger partial charge < -0.3 is 10.7 Å². The predicted octanol–water partition coefficient (Wildman–Crippen LogP) is 1.25. The maximum atomic E-state index is 11.7. The van der Waals surface area contributed by atoms with Gasteiger partial charge in [0.05, 0.1) is 10.4 Å². The summed E-state index contributed by atoms with van der Waals surface area (Å²) >= 11 is 0. The van der Waals surface area contributed by atoms with Crippen molar-refractivity contribution in [2.24, 2.45) is 11.7 Å². The zero-order valence-corrected chi connectivity index (χ0v) is 11.6. The first kappa shape index (κ1) is 12.6. The van der Waals surface area contributed by atoms with Crippen LogP contribution in [-0.4, -0.2) is 30.7 Å². The smallest absolute Gasteiger partial charge is 0.177 e. The van der Waals surface area contributed by atoms with Crippen molar-refractivity contribution in [2.45, 2.75) is 30.2 Å². The van der Waals surface area contributed by atoms with Crippen molar-refractivity contribution in [3.63, 3.8) is 0 Å². The molecule has 3 rings (SSSR count). The molecule has 1 atom stereocenters. The summed E-state index contributed by atoms with van der Waals surface area (Å²) in [4.78, 5) is 7.85. The quantitative estimate of drug-likeness (QED) is 0.881. The number of nitrogens with zero attached hydrogens (tertiary/aromatic N) is 1. The number of nitrogens with one attached hydrogen (secondary N) is 1. The van der Waals surface area contributed by atoms with Crippen molar-refractivity contribution in [1.29, 1.82) is 0 Å². The number of H-pyrrole nitrogens is 1. The number of nitrogens with two attached hydrogens (primary N) is 1. The maximum absolute atomic E-state index is 11.7. The molecule has 0 radical (unpaired) electrons. The van der Waals surface area contributed by atoms with E-state index < -0.39 is 9.84 Å². The Hall–Kier alpha value is -1.40. The molecule has 1 aliphatic carbocycles. The fraction of sp³-hybridized carbons (Fsp3) is 0.462. The van der Waals surface area contributed by atoms with E-state index in [-0.39, 0.29) is 10.9 Å². The molecule has 1 aromatic heterocycles. The third-order valence-electron chi connectivity index (χ3n) is 3.58. The largest absolute Gasteiger partial charge is 0.342 e. The Morgan fingerprint density at radius 2 is 2.21 bits per heavy atom. The average Bonchev–Trinajstić information content (AvgIpc) is 3.08. The summed E-state index contributed by atoms with van der Waals surface area (Å²) in [6.07, 6.45) is 4.25. The topological polar surface area (TPSA) is 88.8 Å². The van der Waals surface area contributed by atoms with Crippen molar-refractivity contribution in [3.8, 4) is 0 Å². The van der Waals surface area contributed by atoms with Gasteiger partial charge >= 0.3 is 0 Å². The van der Waals surface area contributed by atoms with Crippen LogP contribution < -0.4 is 5.73 Å². The van der Waals surface area contributed by atoms with E-state index in [4.69, 9.17) is 5.73 Å². The Labute approximate surface area is 112 Å². The zero-order chi connectivity index (χ0) is 13.6. The molecular formula is C13H17N3O2S. The van der Waals surface area contributed by atoms with Crippen LogP contribution in [0.2, 0.25) is 0 Å². The number of rotatable bonds is 4. The molecule has 1 heterocycles. The van der Waals surface area contributed by atoms with E-state index in [0.717, 1.165) is 11.3 Å². The number of benzene rings is 1. The highest BCUT2D eigenvalue weighted by Gasteiger charge is 2.29. The van der Waals surface area contributed by atoms with Crippen LogP contribution in [-0.2, 0) is 16.3 Å². The number of aromatic amines is 1. The number of aromatic nitrogens is 2. The van der Waals surface area contributed by atoms with E-state index in [1.54, 1.807) is 12.1 Å². The van der Waals surface area contributed by atoms with Gasteiger partial charge in [-0.05, 0) is 30.9 Å². The van der Waals surface area contributed by atoms with Crippen LogP contribution in [0.4, 0.5) is 0 Å². The van der Waals surface area contributed by atoms with Gasteiger partial charge in [0.15, 0.2) is 9.84 Å². The van der Waals surface area contributed by atoms with Crippen LogP contribution in [0.1, 0.15) is 18.7 Å². The molecule has 0 spiro atoms. The third-order valence-corrected chi connectivity index (χ3v) is 4.71. The van der Waals surface area contributed by atoms with Crippen LogP contribution in [0.5, 0.6) is 0 Å². The van der Waals surface area contributed by atoms with Crippen LogP contribution >= 0.6 is 0 Å². The Kier molecular flexibility index (Phi) is 2.87. The summed E-state index contributed by atoms with van der Waals surface area (Å²) in [6.45, 7) is 0.